The van der Waals surface area contributed by atoms with E-state index in [0.29, 0.717) is 0 Å². The van der Waals surface area contributed by atoms with Crippen LogP contribution in [0.5, 0.6) is 0 Å². The van der Waals surface area contributed by atoms with Crippen LogP contribution in [0.4, 0.5) is 17.1 Å². The molecule has 0 atom stereocenters. The fourth-order valence-electron chi connectivity index (χ4n) is 6.58. The van der Waals surface area contributed by atoms with E-state index in [-0.39, 0.29) is 0 Å². The molecule has 0 aliphatic heterocycles. The minimum atomic E-state index is 1.15. The van der Waals surface area contributed by atoms with E-state index >= 15 is 0 Å². The zero-order valence-electron chi connectivity index (χ0n) is 23.2. The molecule has 0 aliphatic rings. The number of para-hydroxylation sites is 2. The second-order valence-electron chi connectivity index (χ2n) is 10.9. The lowest BCUT2D eigenvalue weighted by Gasteiger charge is -2.27. The highest BCUT2D eigenvalue weighted by atomic mass is 32.1. The summed E-state index contributed by atoms with van der Waals surface area (Å²) in [5.41, 5.74) is 6.09. The fourth-order valence-corrected chi connectivity index (χ4v) is 9.06. The van der Waals surface area contributed by atoms with Crippen molar-refractivity contribution in [2.24, 2.45) is 0 Å². The predicted octanol–water partition coefficient (Wildman–Crippen LogP) is 12.7. The first-order chi connectivity index (χ1) is 21.3. The lowest BCUT2D eigenvalue weighted by atomic mass is 9.96. The number of hydrogen-bond acceptors (Lipinski definition) is 3. The van der Waals surface area contributed by atoms with Crippen LogP contribution in [0.15, 0.2) is 152 Å². The average molecular weight is 584 g/mol. The quantitative estimate of drug-likeness (QED) is 0.199. The molecule has 0 fully saturated rings. The Morgan fingerprint density at radius 1 is 0.372 bits per heavy atom. The van der Waals surface area contributed by atoms with Crippen LogP contribution in [0.1, 0.15) is 0 Å². The van der Waals surface area contributed by atoms with Gasteiger partial charge in [-0.05, 0) is 48.0 Å². The van der Waals surface area contributed by atoms with E-state index in [0.717, 1.165) is 11.4 Å². The lowest BCUT2D eigenvalue weighted by Crippen LogP contribution is -2.10. The van der Waals surface area contributed by atoms with Gasteiger partial charge in [-0.2, -0.15) is 0 Å². The van der Waals surface area contributed by atoms with Crippen molar-refractivity contribution >= 4 is 90.9 Å². The maximum atomic E-state index is 2.44. The van der Waals surface area contributed by atoms with Gasteiger partial charge >= 0.3 is 0 Å². The number of thiophene rings is 2. The summed E-state index contributed by atoms with van der Waals surface area (Å²) in [5, 5.41) is 7.85. The van der Waals surface area contributed by atoms with Crippen LogP contribution in [0, 0.1) is 0 Å². The van der Waals surface area contributed by atoms with Gasteiger partial charge in [-0.3, -0.25) is 0 Å². The molecule has 7 aromatic carbocycles. The summed E-state index contributed by atoms with van der Waals surface area (Å²) in [6.45, 7) is 0. The van der Waals surface area contributed by atoms with Crippen molar-refractivity contribution in [3.05, 3.63) is 152 Å². The molecule has 0 saturated carbocycles. The van der Waals surface area contributed by atoms with Crippen molar-refractivity contribution in [3.8, 4) is 11.1 Å². The van der Waals surface area contributed by atoms with Crippen LogP contribution < -0.4 is 4.90 Å². The smallest absolute Gasteiger partial charge is 0.0547 e. The topological polar surface area (TPSA) is 3.24 Å². The normalized spacial score (nSPS) is 11.7. The van der Waals surface area contributed by atoms with Crippen LogP contribution in [0.25, 0.3) is 62.2 Å². The number of rotatable bonds is 4. The second kappa shape index (κ2) is 9.81. The van der Waals surface area contributed by atoms with E-state index in [1.165, 1.54) is 67.9 Å². The Morgan fingerprint density at radius 2 is 0.907 bits per heavy atom. The molecule has 0 saturated heterocycles. The first kappa shape index (κ1) is 24.6. The third-order valence-corrected chi connectivity index (χ3v) is 10.9. The summed E-state index contributed by atoms with van der Waals surface area (Å²) >= 11 is 3.81. The molecule has 1 nitrogen and oxygen atoms in total. The number of fused-ring (bicyclic) bond motifs is 8. The van der Waals surface area contributed by atoms with Gasteiger partial charge in [0.25, 0.3) is 0 Å². The molecular formula is C40H25NS2. The van der Waals surface area contributed by atoms with Crippen LogP contribution >= 0.6 is 22.7 Å². The van der Waals surface area contributed by atoms with Gasteiger partial charge in [0.15, 0.2) is 0 Å². The molecule has 0 N–H and O–H groups in total. The summed E-state index contributed by atoms with van der Waals surface area (Å²) in [6.07, 6.45) is 0. The van der Waals surface area contributed by atoms with Crippen LogP contribution in [0.3, 0.4) is 0 Å². The summed E-state index contributed by atoms with van der Waals surface area (Å²) < 4.78 is 5.35. The van der Waals surface area contributed by atoms with E-state index in [4.69, 9.17) is 0 Å². The molecule has 0 amide bonds. The predicted molar refractivity (Wildman–Crippen MR) is 190 cm³/mol. The number of anilines is 3. The van der Waals surface area contributed by atoms with Crippen LogP contribution in [0.2, 0.25) is 0 Å². The maximum absolute atomic E-state index is 2.44. The molecule has 2 aromatic heterocycles. The third kappa shape index (κ3) is 3.82. The molecule has 0 unspecified atom stereocenters. The summed E-state index contributed by atoms with van der Waals surface area (Å²) in [6, 6.07) is 55.2. The molecule has 0 radical (unpaired) electrons. The van der Waals surface area contributed by atoms with Crippen molar-refractivity contribution in [2.45, 2.75) is 0 Å². The Hall–Kier alpha value is -4.96. The van der Waals surface area contributed by atoms with Gasteiger partial charge in [0.1, 0.15) is 0 Å². The van der Waals surface area contributed by atoms with Crippen molar-refractivity contribution in [3.63, 3.8) is 0 Å². The standard InChI is InChI=1S/C40H25NS2/c1-3-13-26(14-4-1)41(27-15-5-2-6-16-27)35-25-34-38-30(20-12-24-37(38)43-40(34)31-19-8-7-17-28(31)35)33-22-11-21-32-29-18-9-10-23-36(29)42-39(32)33/h1-25H. The highest BCUT2D eigenvalue weighted by Gasteiger charge is 2.21. The molecular weight excluding hydrogens is 559 g/mol. The van der Waals surface area contributed by atoms with Crippen LogP contribution in [-0.2, 0) is 0 Å². The molecule has 43 heavy (non-hydrogen) atoms. The highest BCUT2D eigenvalue weighted by Crippen LogP contribution is 2.49. The second-order valence-corrected chi connectivity index (χ2v) is 13.0. The van der Waals surface area contributed by atoms with Gasteiger partial charge in [0.05, 0.1) is 5.69 Å². The number of benzene rings is 7. The highest BCUT2D eigenvalue weighted by molar-refractivity contribution is 7.27. The molecule has 3 heteroatoms. The Morgan fingerprint density at radius 3 is 1.67 bits per heavy atom. The first-order valence-corrected chi connectivity index (χ1v) is 16.2. The molecule has 0 aliphatic carbocycles. The third-order valence-electron chi connectivity index (χ3n) is 8.45. The van der Waals surface area contributed by atoms with Gasteiger partial charge in [0, 0.05) is 68.1 Å². The Labute approximate surface area is 257 Å². The van der Waals surface area contributed by atoms with E-state index in [1.807, 2.05) is 22.7 Å². The largest absolute Gasteiger partial charge is 0.310 e. The van der Waals surface area contributed by atoms with Crippen molar-refractivity contribution in [2.75, 3.05) is 4.90 Å². The SMILES string of the molecule is c1ccc(N(c2ccccc2)c2cc3c(sc4cccc(-c5cccc6c5sc5ccccc56)c43)c3ccccc23)cc1. The Kier molecular flexibility index (Phi) is 5.62. The fraction of sp³-hybridized carbons (Fsp3) is 0. The minimum absolute atomic E-state index is 1.15. The lowest BCUT2D eigenvalue weighted by molar-refractivity contribution is 1.30. The van der Waals surface area contributed by atoms with E-state index in [9.17, 15) is 0 Å². The van der Waals surface area contributed by atoms with Crippen LogP contribution in [-0.4, -0.2) is 0 Å². The van der Waals surface area contributed by atoms with Crippen molar-refractivity contribution in [1.29, 1.82) is 0 Å². The number of hydrogen-bond donors (Lipinski definition) is 0. The van der Waals surface area contributed by atoms with Gasteiger partial charge in [-0.15, -0.1) is 22.7 Å². The molecule has 9 aromatic rings. The minimum Gasteiger partial charge on any atom is -0.310 e. The Bertz CT molecular complexity index is 2410. The summed E-state index contributed by atoms with van der Waals surface area (Å²) in [7, 11) is 0. The van der Waals surface area contributed by atoms with Crippen molar-refractivity contribution in [1.82, 2.24) is 0 Å². The molecule has 0 bridgehead atoms. The van der Waals surface area contributed by atoms with Gasteiger partial charge in [-0.1, -0.05) is 109 Å². The first-order valence-electron chi connectivity index (χ1n) is 14.5. The van der Waals surface area contributed by atoms with Crippen molar-refractivity contribution < 1.29 is 0 Å². The zero-order chi connectivity index (χ0) is 28.3. The van der Waals surface area contributed by atoms with Gasteiger partial charge in [0.2, 0.25) is 0 Å². The zero-order valence-corrected chi connectivity index (χ0v) is 24.8. The van der Waals surface area contributed by atoms with Gasteiger partial charge < -0.3 is 4.90 Å². The summed E-state index contributed by atoms with van der Waals surface area (Å²) in [5.74, 6) is 0. The Balaban J connectivity index is 1.40. The maximum Gasteiger partial charge on any atom is 0.0547 e. The number of nitrogens with zero attached hydrogens (tertiary/aromatic N) is 1. The van der Waals surface area contributed by atoms with E-state index in [2.05, 4.69) is 157 Å². The molecule has 9 rings (SSSR count). The summed E-state index contributed by atoms with van der Waals surface area (Å²) in [4.78, 5) is 2.40. The molecule has 202 valence electrons. The van der Waals surface area contributed by atoms with E-state index < -0.39 is 0 Å². The monoisotopic (exact) mass is 583 g/mol. The van der Waals surface area contributed by atoms with Gasteiger partial charge in [-0.25, -0.2) is 0 Å². The molecule has 0 spiro atoms. The molecule has 2 heterocycles. The van der Waals surface area contributed by atoms with E-state index in [1.54, 1.807) is 0 Å². The average Bonchev–Trinajstić information content (AvgIpc) is 3.65.